The Morgan fingerprint density at radius 1 is 0.957 bits per heavy atom. The van der Waals surface area contributed by atoms with Crippen molar-refractivity contribution in [3.05, 3.63) is 54.6 Å². The van der Waals surface area contributed by atoms with Gasteiger partial charge in [0.2, 0.25) is 0 Å². The summed E-state index contributed by atoms with van der Waals surface area (Å²) in [4.78, 5) is 14.0. The molecule has 0 radical (unpaired) electrons. The molecule has 0 atom stereocenters. The number of amides is 1. The van der Waals surface area contributed by atoms with Crippen LogP contribution in [0.3, 0.4) is 0 Å². The van der Waals surface area contributed by atoms with Gasteiger partial charge in [-0.15, -0.1) is 0 Å². The van der Waals surface area contributed by atoms with Crippen molar-refractivity contribution in [3.63, 3.8) is 0 Å². The molecule has 1 amide bonds. The summed E-state index contributed by atoms with van der Waals surface area (Å²) in [6.07, 6.45) is -0.499. The van der Waals surface area contributed by atoms with E-state index in [-0.39, 0.29) is 0 Å². The van der Waals surface area contributed by atoms with Crippen molar-refractivity contribution in [2.24, 2.45) is 0 Å². The van der Waals surface area contributed by atoms with Crippen LogP contribution in [0.25, 0.3) is 0 Å². The molecule has 2 N–H and O–H groups in total. The maximum Gasteiger partial charge on any atom is 0.488 e. The number of hydrogen-bond donors (Lipinski definition) is 2. The van der Waals surface area contributed by atoms with Crippen molar-refractivity contribution in [2.75, 3.05) is 4.90 Å². The third kappa shape index (κ3) is 4.58. The third-order valence-electron chi connectivity index (χ3n) is 3.04. The predicted molar refractivity (Wildman–Crippen MR) is 91.1 cm³/mol. The average Bonchev–Trinajstić information content (AvgIpc) is 2.47. The highest BCUT2D eigenvalue weighted by Crippen LogP contribution is 2.27. The van der Waals surface area contributed by atoms with Crippen LogP contribution in [0.1, 0.15) is 20.8 Å². The Kier molecular flexibility index (Phi) is 5.08. The van der Waals surface area contributed by atoms with E-state index in [2.05, 4.69) is 0 Å². The summed E-state index contributed by atoms with van der Waals surface area (Å²) in [7, 11) is -1.55. The van der Waals surface area contributed by atoms with Gasteiger partial charge in [0.1, 0.15) is 5.60 Å². The van der Waals surface area contributed by atoms with Gasteiger partial charge in [0, 0.05) is 0 Å². The summed E-state index contributed by atoms with van der Waals surface area (Å²) in [5.41, 5.74) is 0.977. The lowest BCUT2D eigenvalue weighted by Gasteiger charge is -2.27. The largest absolute Gasteiger partial charge is 0.488 e. The van der Waals surface area contributed by atoms with E-state index in [1.165, 1.54) is 4.90 Å². The Balaban J connectivity index is 2.39. The minimum absolute atomic E-state index is 0.353. The molecule has 5 nitrogen and oxygen atoms in total. The van der Waals surface area contributed by atoms with Gasteiger partial charge in [0.05, 0.1) is 11.4 Å². The summed E-state index contributed by atoms with van der Waals surface area (Å²) in [5.74, 6) is 0. The number of ether oxygens (including phenoxy) is 1. The molecule has 0 spiro atoms. The number of hydrogen-bond acceptors (Lipinski definition) is 4. The van der Waals surface area contributed by atoms with Crippen LogP contribution in [0.5, 0.6) is 0 Å². The molecule has 0 unspecified atom stereocenters. The van der Waals surface area contributed by atoms with Crippen LogP contribution in [0.15, 0.2) is 54.6 Å². The van der Waals surface area contributed by atoms with Crippen LogP contribution in [0.4, 0.5) is 16.2 Å². The number of carbonyl (C=O) groups excluding carboxylic acids is 1. The van der Waals surface area contributed by atoms with E-state index in [0.717, 1.165) is 0 Å². The Morgan fingerprint density at radius 2 is 1.48 bits per heavy atom. The van der Waals surface area contributed by atoms with Crippen molar-refractivity contribution < 1.29 is 19.6 Å². The number of nitrogens with zero attached hydrogens (tertiary/aromatic N) is 1. The molecule has 0 aliphatic carbocycles. The van der Waals surface area contributed by atoms with Gasteiger partial charge in [-0.1, -0.05) is 30.3 Å². The SMILES string of the molecule is CC(C)(C)OC(=O)N(c1ccccc1)c1ccc(B(O)O)cc1. The zero-order valence-electron chi connectivity index (χ0n) is 13.4. The number of rotatable bonds is 3. The summed E-state index contributed by atoms with van der Waals surface area (Å²) in [6, 6.07) is 15.5. The van der Waals surface area contributed by atoms with Crippen molar-refractivity contribution in [3.8, 4) is 0 Å². The molecular weight excluding hydrogens is 293 g/mol. The van der Waals surface area contributed by atoms with Gasteiger partial charge in [-0.3, -0.25) is 0 Å². The molecule has 6 heteroatoms. The van der Waals surface area contributed by atoms with E-state index in [0.29, 0.717) is 16.8 Å². The van der Waals surface area contributed by atoms with E-state index in [1.807, 2.05) is 18.2 Å². The van der Waals surface area contributed by atoms with Gasteiger partial charge in [0.25, 0.3) is 0 Å². The molecule has 0 aliphatic heterocycles. The Hall–Kier alpha value is -2.31. The highest BCUT2D eigenvalue weighted by Gasteiger charge is 2.25. The molecule has 23 heavy (non-hydrogen) atoms. The second-order valence-electron chi connectivity index (χ2n) is 6.12. The lowest BCUT2D eigenvalue weighted by molar-refractivity contribution is 0.0599. The Bertz CT molecular complexity index is 651. The molecular formula is C17H20BNO4. The summed E-state index contributed by atoms with van der Waals surface area (Å²) < 4.78 is 5.47. The van der Waals surface area contributed by atoms with E-state index >= 15 is 0 Å². The number of benzene rings is 2. The minimum atomic E-state index is -1.55. The second-order valence-corrected chi connectivity index (χ2v) is 6.12. The molecule has 2 aromatic carbocycles. The zero-order valence-corrected chi connectivity index (χ0v) is 13.4. The molecule has 0 bridgehead atoms. The molecule has 2 rings (SSSR count). The van der Waals surface area contributed by atoms with Gasteiger partial charge in [-0.25, -0.2) is 9.69 Å². The lowest BCUT2D eigenvalue weighted by Crippen LogP contribution is -2.34. The van der Waals surface area contributed by atoms with Crippen molar-refractivity contribution in [1.82, 2.24) is 0 Å². The summed E-state index contributed by atoms with van der Waals surface area (Å²) in [5, 5.41) is 18.4. The first-order valence-electron chi connectivity index (χ1n) is 7.32. The summed E-state index contributed by atoms with van der Waals surface area (Å²) >= 11 is 0. The maximum atomic E-state index is 12.6. The van der Waals surface area contributed by atoms with Gasteiger partial charge in [-0.2, -0.15) is 0 Å². The number of carbonyl (C=O) groups is 1. The Labute approximate surface area is 136 Å². The minimum Gasteiger partial charge on any atom is -0.443 e. The normalized spacial score (nSPS) is 11.0. The highest BCUT2D eigenvalue weighted by molar-refractivity contribution is 6.58. The van der Waals surface area contributed by atoms with Gasteiger partial charge in [-0.05, 0) is 50.5 Å². The van der Waals surface area contributed by atoms with Gasteiger partial charge in [0.15, 0.2) is 0 Å². The number of para-hydroxylation sites is 1. The van der Waals surface area contributed by atoms with E-state index < -0.39 is 18.8 Å². The van der Waals surface area contributed by atoms with Crippen LogP contribution in [-0.2, 0) is 4.74 Å². The molecule has 0 aromatic heterocycles. The van der Waals surface area contributed by atoms with Crippen molar-refractivity contribution in [1.29, 1.82) is 0 Å². The van der Waals surface area contributed by atoms with Gasteiger partial charge < -0.3 is 14.8 Å². The van der Waals surface area contributed by atoms with Crippen LogP contribution in [-0.4, -0.2) is 28.9 Å². The molecule has 0 heterocycles. The highest BCUT2D eigenvalue weighted by atomic mass is 16.6. The molecule has 0 saturated heterocycles. The van der Waals surface area contributed by atoms with Crippen molar-refractivity contribution in [2.45, 2.75) is 26.4 Å². The zero-order chi connectivity index (χ0) is 17.0. The fraction of sp³-hybridized carbons (Fsp3) is 0.235. The first kappa shape index (κ1) is 17.1. The molecule has 0 aliphatic rings. The average molecular weight is 313 g/mol. The fourth-order valence-electron chi connectivity index (χ4n) is 2.04. The second kappa shape index (κ2) is 6.85. The first-order valence-corrected chi connectivity index (χ1v) is 7.32. The molecule has 2 aromatic rings. The predicted octanol–water partition coefficient (Wildman–Crippen LogP) is 2.44. The third-order valence-corrected chi connectivity index (χ3v) is 3.04. The fourth-order valence-corrected chi connectivity index (χ4v) is 2.04. The smallest absolute Gasteiger partial charge is 0.443 e. The maximum absolute atomic E-state index is 12.6. The standard InChI is InChI=1S/C17H20BNO4/c1-17(2,3)23-16(20)19(14-7-5-4-6-8-14)15-11-9-13(10-12-15)18(21)22/h4-12,21-22H,1-3H3. The lowest BCUT2D eigenvalue weighted by atomic mass is 9.80. The van der Waals surface area contributed by atoms with Crippen molar-refractivity contribution >= 4 is 30.0 Å². The van der Waals surface area contributed by atoms with Crippen LogP contribution in [0, 0.1) is 0 Å². The summed E-state index contributed by atoms with van der Waals surface area (Å²) in [6.45, 7) is 5.41. The van der Waals surface area contributed by atoms with E-state index in [4.69, 9.17) is 4.74 Å². The molecule has 0 fully saturated rings. The van der Waals surface area contributed by atoms with E-state index in [9.17, 15) is 14.8 Å². The molecule has 0 saturated carbocycles. The van der Waals surface area contributed by atoms with Crippen LogP contribution >= 0.6 is 0 Å². The van der Waals surface area contributed by atoms with Crippen LogP contribution < -0.4 is 10.4 Å². The monoisotopic (exact) mass is 313 g/mol. The van der Waals surface area contributed by atoms with Crippen LogP contribution in [0.2, 0.25) is 0 Å². The quantitative estimate of drug-likeness (QED) is 0.854. The number of anilines is 2. The van der Waals surface area contributed by atoms with E-state index in [1.54, 1.807) is 57.2 Å². The van der Waals surface area contributed by atoms with Gasteiger partial charge >= 0.3 is 13.2 Å². The topological polar surface area (TPSA) is 70.0 Å². The Morgan fingerprint density at radius 3 is 1.96 bits per heavy atom. The first-order chi connectivity index (χ1) is 10.8. The molecule has 120 valence electrons.